The molecule has 0 fully saturated rings. The van der Waals surface area contributed by atoms with Crippen molar-refractivity contribution in [3.8, 4) is 11.8 Å². The third-order valence-electron chi connectivity index (χ3n) is 4.74. The van der Waals surface area contributed by atoms with E-state index < -0.39 is 5.91 Å². The van der Waals surface area contributed by atoms with Crippen molar-refractivity contribution in [1.29, 1.82) is 5.26 Å². The number of halogens is 3. The molecule has 0 bridgehead atoms. The standard InChI is InChI=1S/C23H18Cl3N3O/c1-13-7-8-18(11-20(13)25)28-23(30)17(12-27)10-16-9-14(2)29(15(16)3)21-6-4-5-19(24)22(21)26/h4-11H,1-3H3,(H,28,30)/b17-10-. The molecule has 0 saturated heterocycles. The van der Waals surface area contributed by atoms with Gasteiger partial charge >= 0.3 is 0 Å². The maximum Gasteiger partial charge on any atom is 0.266 e. The van der Waals surface area contributed by atoms with Gasteiger partial charge in [0.2, 0.25) is 0 Å². The van der Waals surface area contributed by atoms with E-state index in [4.69, 9.17) is 34.8 Å². The smallest absolute Gasteiger partial charge is 0.266 e. The molecule has 0 aliphatic rings. The number of nitriles is 1. The molecule has 1 amide bonds. The van der Waals surface area contributed by atoms with Gasteiger partial charge in [-0.3, -0.25) is 4.79 Å². The van der Waals surface area contributed by atoms with Crippen LogP contribution in [0.2, 0.25) is 15.1 Å². The first kappa shape index (κ1) is 22.0. The van der Waals surface area contributed by atoms with E-state index in [9.17, 15) is 10.1 Å². The van der Waals surface area contributed by atoms with Crippen LogP contribution in [0.3, 0.4) is 0 Å². The molecular formula is C23H18Cl3N3O. The summed E-state index contributed by atoms with van der Waals surface area (Å²) in [6.07, 6.45) is 1.56. The lowest BCUT2D eigenvalue weighted by Gasteiger charge is -2.12. The lowest BCUT2D eigenvalue weighted by Crippen LogP contribution is -2.13. The molecule has 7 heteroatoms. The second kappa shape index (κ2) is 8.97. The average Bonchev–Trinajstić information content (AvgIpc) is 2.98. The largest absolute Gasteiger partial charge is 0.321 e. The van der Waals surface area contributed by atoms with Crippen LogP contribution in [0.1, 0.15) is 22.5 Å². The predicted molar refractivity (Wildman–Crippen MR) is 124 cm³/mol. The fraction of sp³-hybridized carbons (Fsp3) is 0.130. The highest BCUT2D eigenvalue weighted by molar-refractivity contribution is 6.43. The van der Waals surface area contributed by atoms with Crippen LogP contribution in [0.4, 0.5) is 5.69 Å². The molecule has 0 aliphatic heterocycles. The number of rotatable bonds is 4. The summed E-state index contributed by atoms with van der Waals surface area (Å²) in [7, 11) is 0. The SMILES string of the molecule is Cc1ccc(NC(=O)/C(C#N)=C\c2cc(C)n(-c3cccc(Cl)c3Cl)c2C)cc1Cl. The number of anilines is 1. The topological polar surface area (TPSA) is 57.8 Å². The summed E-state index contributed by atoms with van der Waals surface area (Å²) < 4.78 is 1.94. The number of aryl methyl sites for hydroxylation is 2. The van der Waals surface area contributed by atoms with Gasteiger partial charge in [0.1, 0.15) is 11.6 Å². The van der Waals surface area contributed by atoms with E-state index in [-0.39, 0.29) is 5.57 Å². The highest BCUT2D eigenvalue weighted by Crippen LogP contribution is 2.32. The van der Waals surface area contributed by atoms with E-state index in [1.165, 1.54) is 0 Å². The number of carbonyl (C=O) groups excluding carboxylic acids is 1. The maximum absolute atomic E-state index is 12.6. The molecule has 1 heterocycles. The summed E-state index contributed by atoms with van der Waals surface area (Å²) in [5.74, 6) is -0.511. The van der Waals surface area contributed by atoms with Crippen LogP contribution in [-0.2, 0) is 4.79 Å². The van der Waals surface area contributed by atoms with Crippen LogP contribution in [-0.4, -0.2) is 10.5 Å². The molecule has 1 aromatic heterocycles. The quantitative estimate of drug-likeness (QED) is 0.341. The third-order valence-corrected chi connectivity index (χ3v) is 5.95. The number of hydrogen-bond acceptors (Lipinski definition) is 2. The average molecular weight is 459 g/mol. The van der Waals surface area contributed by atoms with Gasteiger partial charge in [-0.15, -0.1) is 0 Å². The van der Waals surface area contributed by atoms with Gasteiger partial charge in [-0.25, -0.2) is 0 Å². The Morgan fingerprint density at radius 3 is 2.47 bits per heavy atom. The fourth-order valence-electron chi connectivity index (χ4n) is 3.14. The lowest BCUT2D eigenvalue weighted by molar-refractivity contribution is -0.112. The summed E-state index contributed by atoms with van der Waals surface area (Å²) >= 11 is 18.7. The zero-order valence-corrected chi connectivity index (χ0v) is 18.8. The third kappa shape index (κ3) is 4.39. The van der Waals surface area contributed by atoms with Gasteiger partial charge in [0.05, 0.1) is 15.7 Å². The molecule has 30 heavy (non-hydrogen) atoms. The van der Waals surface area contributed by atoms with Gasteiger partial charge in [-0.1, -0.05) is 46.9 Å². The van der Waals surface area contributed by atoms with Crippen molar-refractivity contribution in [3.05, 3.63) is 85.6 Å². The number of benzene rings is 2. The summed E-state index contributed by atoms with van der Waals surface area (Å²) in [6, 6.07) is 14.4. The van der Waals surface area contributed by atoms with Gasteiger partial charge in [-0.2, -0.15) is 5.26 Å². The zero-order valence-electron chi connectivity index (χ0n) is 16.6. The van der Waals surface area contributed by atoms with Crippen LogP contribution in [0.15, 0.2) is 48.0 Å². The zero-order chi connectivity index (χ0) is 22.0. The van der Waals surface area contributed by atoms with Crippen molar-refractivity contribution >= 4 is 52.5 Å². The highest BCUT2D eigenvalue weighted by atomic mass is 35.5. The molecule has 0 saturated carbocycles. The molecule has 0 spiro atoms. The molecule has 152 valence electrons. The number of hydrogen-bond donors (Lipinski definition) is 1. The molecule has 4 nitrogen and oxygen atoms in total. The highest BCUT2D eigenvalue weighted by Gasteiger charge is 2.16. The van der Waals surface area contributed by atoms with E-state index in [1.54, 1.807) is 30.3 Å². The lowest BCUT2D eigenvalue weighted by atomic mass is 10.1. The van der Waals surface area contributed by atoms with Gasteiger partial charge in [-0.05, 0) is 68.3 Å². The van der Waals surface area contributed by atoms with Gasteiger partial charge in [0.15, 0.2) is 0 Å². The minimum atomic E-state index is -0.511. The van der Waals surface area contributed by atoms with E-state index in [1.807, 2.05) is 49.6 Å². The Kier molecular flexibility index (Phi) is 6.58. The van der Waals surface area contributed by atoms with Crippen LogP contribution >= 0.6 is 34.8 Å². The molecule has 0 aliphatic carbocycles. The molecule has 0 unspecified atom stereocenters. The molecule has 0 radical (unpaired) electrons. The minimum absolute atomic E-state index is 0.0239. The van der Waals surface area contributed by atoms with Crippen molar-refractivity contribution in [1.82, 2.24) is 4.57 Å². The summed E-state index contributed by atoms with van der Waals surface area (Å²) in [6.45, 7) is 5.68. The predicted octanol–water partition coefficient (Wildman–Crippen LogP) is 6.91. The Hall–Kier alpha value is -2.71. The number of amides is 1. The fourth-order valence-corrected chi connectivity index (χ4v) is 3.70. The minimum Gasteiger partial charge on any atom is -0.321 e. The molecule has 1 N–H and O–H groups in total. The van der Waals surface area contributed by atoms with E-state index in [0.717, 1.165) is 28.2 Å². The van der Waals surface area contributed by atoms with Crippen LogP contribution in [0.25, 0.3) is 11.8 Å². The molecule has 0 atom stereocenters. The van der Waals surface area contributed by atoms with Gasteiger partial charge in [0.25, 0.3) is 5.91 Å². The normalized spacial score (nSPS) is 11.3. The van der Waals surface area contributed by atoms with Crippen molar-refractivity contribution < 1.29 is 4.79 Å². The van der Waals surface area contributed by atoms with Crippen LogP contribution in [0, 0.1) is 32.1 Å². The summed E-state index contributed by atoms with van der Waals surface area (Å²) in [5.41, 5.74) is 4.59. The van der Waals surface area contributed by atoms with Crippen molar-refractivity contribution in [3.63, 3.8) is 0 Å². The first-order chi connectivity index (χ1) is 14.2. The Bertz CT molecular complexity index is 1220. The molecule has 3 aromatic rings. The van der Waals surface area contributed by atoms with Gasteiger partial charge in [0, 0.05) is 22.1 Å². The number of nitrogens with one attached hydrogen (secondary N) is 1. The number of carbonyl (C=O) groups is 1. The first-order valence-corrected chi connectivity index (χ1v) is 10.2. The van der Waals surface area contributed by atoms with Crippen molar-refractivity contribution in [2.24, 2.45) is 0 Å². The second-order valence-electron chi connectivity index (χ2n) is 6.82. The van der Waals surface area contributed by atoms with Crippen LogP contribution in [0.5, 0.6) is 0 Å². The van der Waals surface area contributed by atoms with E-state index >= 15 is 0 Å². The summed E-state index contributed by atoms with van der Waals surface area (Å²) in [4.78, 5) is 12.6. The van der Waals surface area contributed by atoms with Crippen molar-refractivity contribution in [2.45, 2.75) is 20.8 Å². The number of nitrogens with zero attached hydrogens (tertiary/aromatic N) is 2. The molecule has 2 aromatic carbocycles. The Labute approximate surface area is 190 Å². The van der Waals surface area contributed by atoms with Crippen molar-refractivity contribution in [2.75, 3.05) is 5.32 Å². The number of aromatic nitrogens is 1. The van der Waals surface area contributed by atoms with Gasteiger partial charge < -0.3 is 9.88 Å². The Morgan fingerprint density at radius 1 is 1.07 bits per heavy atom. The van der Waals surface area contributed by atoms with E-state index in [0.29, 0.717) is 20.8 Å². The maximum atomic E-state index is 12.6. The Balaban J connectivity index is 1.96. The van der Waals surface area contributed by atoms with Crippen LogP contribution < -0.4 is 5.32 Å². The second-order valence-corrected chi connectivity index (χ2v) is 8.02. The molecule has 3 rings (SSSR count). The monoisotopic (exact) mass is 457 g/mol. The van der Waals surface area contributed by atoms with E-state index in [2.05, 4.69) is 5.32 Å². The summed E-state index contributed by atoms with van der Waals surface area (Å²) in [5, 5.41) is 13.7. The molecular weight excluding hydrogens is 441 g/mol. The Morgan fingerprint density at radius 2 is 1.80 bits per heavy atom. The first-order valence-electron chi connectivity index (χ1n) is 9.05.